The molecular formula is C22H26N6O3. The third-order valence-electron chi connectivity index (χ3n) is 5.04. The molecule has 31 heavy (non-hydrogen) atoms. The minimum Gasteiger partial charge on any atom is -0.365 e. The highest BCUT2D eigenvalue weighted by atomic mass is 16.2. The van der Waals surface area contributed by atoms with Gasteiger partial charge in [-0.3, -0.25) is 14.4 Å². The first kappa shape index (κ1) is 21.9. The second-order valence-corrected chi connectivity index (χ2v) is 7.30. The smallest absolute Gasteiger partial charge is 0.254 e. The number of primary amides is 1. The summed E-state index contributed by atoms with van der Waals surface area (Å²) in [7, 11) is 0. The van der Waals surface area contributed by atoms with E-state index in [2.05, 4.69) is 20.7 Å². The lowest BCUT2D eigenvalue weighted by molar-refractivity contribution is -0.116. The molecule has 4 N–H and O–H groups in total. The quantitative estimate of drug-likeness (QED) is 0.512. The molecular weight excluding hydrogens is 396 g/mol. The Balaban J connectivity index is 1.65. The van der Waals surface area contributed by atoms with Gasteiger partial charge in [0.25, 0.3) is 11.8 Å². The Morgan fingerprint density at radius 3 is 2.48 bits per heavy atom. The predicted molar refractivity (Wildman–Crippen MR) is 117 cm³/mol. The van der Waals surface area contributed by atoms with Gasteiger partial charge in [-0.05, 0) is 56.5 Å². The zero-order valence-electron chi connectivity index (χ0n) is 17.9. The van der Waals surface area contributed by atoms with Gasteiger partial charge < -0.3 is 16.4 Å². The molecule has 0 aliphatic rings. The van der Waals surface area contributed by atoms with E-state index >= 15 is 0 Å². The number of anilines is 1. The Bertz CT molecular complexity index is 1130. The van der Waals surface area contributed by atoms with Crippen molar-refractivity contribution in [3.05, 3.63) is 58.5 Å². The minimum atomic E-state index is -0.581. The molecule has 2 aromatic heterocycles. The zero-order valence-corrected chi connectivity index (χ0v) is 17.9. The summed E-state index contributed by atoms with van der Waals surface area (Å²) in [6.07, 6.45) is 2.99. The van der Waals surface area contributed by atoms with Crippen molar-refractivity contribution in [2.75, 3.05) is 11.9 Å². The van der Waals surface area contributed by atoms with Gasteiger partial charge in [0.05, 0.1) is 6.20 Å². The van der Waals surface area contributed by atoms with E-state index in [1.165, 1.54) is 6.20 Å². The summed E-state index contributed by atoms with van der Waals surface area (Å²) in [6.45, 7) is 6.32. The number of carbonyl (C=O) groups is 3. The normalized spacial score (nSPS) is 10.8. The van der Waals surface area contributed by atoms with Gasteiger partial charge in [-0.1, -0.05) is 6.92 Å². The maximum absolute atomic E-state index is 12.4. The SMILES string of the molecule is CCCNC(=O)c1ccc(NC(=O)CCc2c(C)nc3c(C(N)=O)cnn3c2C)cc1. The highest BCUT2D eigenvalue weighted by molar-refractivity contribution is 5.98. The van der Waals surface area contributed by atoms with Crippen LogP contribution in [-0.2, 0) is 11.2 Å². The molecule has 0 bridgehead atoms. The van der Waals surface area contributed by atoms with Crippen LogP contribution in [0.5, 0.6) is 0 Å². The number of aryl methyl sites for hydroxylation is 2. The van der Waals surface area contributed by atoms with E-state index in [4.69, 9.17) is 5.73 Å². The number of carbonyl (C=O) groups excluding carboxylic acids is 3. The van der Waals surface area contributed by atoms with E-state index < -0.39 is 5.91 Å². The Hall–Kier alpha value is -3.75. The maximum Gasteiger partial charge on any atom is 0.254 e. The van der Waals surface area contributed by atoms with Gasteiger partial charge in [-0.2, -0.15) is 5.10 Å². The third kappa shape index (κ3) is 4.88. The number of aromatic nitrogens is 3. The molecule has 162 valence electrons. The third-order valence-corrected chi connectivity index (χ3v) is 5.04. The first-order chi connectivity index (χ1) is 14.8. The molecule has 0 radical (unpaired) electrons. The summed E-state index contributed by atoms with van der Waals surface area (Å²) < 4.78 is 1.57. The van der Waals surface area contributed by atoms with Gasteiger partial charge in [-0.25, -0.2) is 9.50 Å². The maximum atomic E-state index is 12.4. The summed E-state index contributed by atoms with van der Waals surface area (Å²) in [4.78, 5) is 40.4. The second-order valence-electron chi connectivity index (χ2n) is 7.30. The average Bonchev–Trinajstić information content (AvgIpc) is 3.16. The fourth-order valence-corrected chi connectivity index (χ4v) is 3.35. The van der Waals surface area contributed by atoms with Crippen LogP contribution < -0.4 is 16.4 Å². The van der Waals surface area contributed by atoms with Crippen LogP contribution in [0.15, 0.2) is 30.5 Å². The minimum absolute atomic E-state index is 0.133. The lowest BCUT2D eigenvalue weighted by atomic mass is 10.1. The van der Waals surface area contributed by atoms with Crippen LogP contribution in [0.25, 0.3) is 5.65 Å². The average molecular weight is 422 g/mol. The van der Waals surface area contributed by atoms with Crippen molar-refractivity contribution in [2.45, 2.75) is 40.0 Å². The lowest BCUT2D eigenvalue weighted by Crippen LogP contribution is -2.23. The molecule has 1 aromatic carbocycles. The van der Waals surface area contributed by atoms with Gasteiger partial charge in [0.1, 0.15) is 5.56 Å². The van der Waals surface area contributed by atoms with Crippen LogP contribution in [0.4, 0.5) is 5.69 Å². The Kier molecular flexibility index (Phi) is 6.64. The van der Waals surface area contributed by atoms with Crippen LogP contribution in [-0.4, -0.2) is 38.9 Å². The summed E-state index contributed by atoms with van der Waals surface area (Å²) in [5.74, 6) is -0.866. The Labute approximate surface area is 180 Å². The van der Waals surface area contributed by atoms with Crippen LogP contribution in [0.1, 0.15) is 57.4 Å². The fourth-order valence-electron chi connectivity index (χ4n) is 3.35. The van der Waals surface area contributed by atoms with Crippen molar-refractivity contribution in [2.24, 2.45) is 5.73 Å². The highest BCUT2D eigenvalue weighted by Crippen LogP contribution is 2.19. The number of nitrogens with one attached hydrogen (secondary N) is 2. The highest BCUT2D eigenvalue weighted by Gasteiger charge is 2.17. The van der Waals surface area contributed by atoms with Crippen LogP contribution in [0.2, 0.25) is 0 Å². The van der Waals surface area contributed by atoms with E-state index in [1.54, 1.807) is 28.8 Å². The van der Waals surface area contributed by atoms with E-state index in [9.17, 15) is 14.4 Å². The van der Waals surface area contributed by atoms with Gasteiger partial charge in [-0.15, -0.1) is 0 Å². The molecule has 0 saturated carbocycles. The van der Waals surface area contributed by atoms with Gasteiger partial charge in [0.15, 0.2) is 5.65 Å². The largest absolute Gasteiger partial charge is 0.365 e. The predicted octanol–water partition coefficient (Wildman–Crippen LogP) is 2.16. The van der Waals surface area contributed by atoms with Crippen molar-refractivity contribution in [3.63, 3.8) is 0 Å². The Morgan fingerprint density at radius 2 is 1.84 bits per heavy atom. The van der Waals surface area contributed by atoms with Crippen LogP contribution in [0.3, 0.4) is 0 Å². The number of hydrogen-bond acceptors (Lipinski definition) is 5. The summed E-state index contributed by atoms with van der Waals surface area (Å²) in [6, 6.07) is 6.78. The van der Waals surface area contributed by atoms with Crippen molar-refractivity contribution >= 4 is 29.1 Å². The molecule has 0 spiro atoms. The summed E-state index contributed by atoms with van der Waals surface area (Å²) in [5, 5.41) is 9.85. The van der Waals surface area contributed by atoms with E-state index in [-0.39, 0.29) is 23.8 Å². The van der Waals surface area contributed by atoms with Crippen LogP contribution in [0, 0.1) is 13.8 Å². The second kappa shape index (κ2) is 9.38. The molecule has 3 aromatic rings. The summed E-state index contributed by atoms with van der Waals surface area (Å²) in [5.41, 5.74) is 9.65. The van der Waals surface area contributed by atoms with Gasteiger partial charge in [0, 0.05) is 35.6 Å². The number of hydrogen-bond donors (Lipinski definition) is 3. The van der Waals surface area contributed by atoms with Crippen molar-refractivity contribution in [1.29, 1.82) is 0 Å². The number of fused-ring (bicyclic) bond motifs is 1. The van der Waals surface area contributed by atoms with Crippen molar-refractivity contribution in [3.8, 4) is 0 Å². The van der Waals surface area contributed by atoms with Gasteiger partial charge in [0.2, 0.25) is 5.91 Å². The fraction of sp³-hybridized carbons (Fsp3) is 0.318. The van der Waals surface area contributed by atoms with E-state index in [0.717, 1.165) is 23.4 Å². The molecule has 0 aliphatic carbocycles. The van der Waals surface area contributed by atoms with Crippen molar-refractivity contribution in [1.82, 2.24) is 19.9 Å². The molecule has 9 heteroatoms. The number of benzene rings is 1. The molecule has 3 amide bonds. The van der Waals surface area contributed by atoms with Crippen LogP contribution >= 0.6 is 0 Å². The molecule has 2 heterocycles. The number of nitrogens with zero attached hydrogens (tertiary/aromatic N) is 3. The number of rotatable bonds is 8. The Morgan fingerprint density at radius 1 is 1.13 bits per heavy atom. The topological polar surface area (TPSA) is 131 Å². The first-order valence-corrected chi connectivity index (χ1v) is 10.1. The lowest BCUT2D eigenvalue weighted by Gasteiger charge is -2.12. The van der Waals surface area contributed by atoms with E-state index in [1.807, 2.05) is 20.8 Å². The number of amides is 3. The first-order valence-electron chi connectivity index (χ1n) is 10.1. The summed E-state index contributed by atoms with van der Waals surface area (Å²) >= 11 is 0. The molecule has 0 atom stereocenters. The molecule has 0 unspecified atom stereocenters. The monoisotopic (exact) mass is 422 g/mol. The molecule has 0 aliphatic heterocycles. The molecule has 0 saturated heterocycles. The van der Waals surface area contributed by atoms with Crippen molar-refractivity contribution < 1.29 is 14.4 Å². The molecule has 0 fully saturated rings. The van der Waals surface area contributed by atoms with E-state index in [0.29, 0.717) is 29.9 Å². The standard InChI is InChI=1S/C22H26N6O3/c1-4-11-24-22(31)15-5-7-16(8-6-15)27-19(29)10-9-17-13(2)26-21-18(20(23)30)12-25-28(21)14(17)3/h5-8,12H,4,9-11H2,1-3H3,(H2,23,30)(H,24,31)(H,27,29). The molecule has 9 nitrogen and oxygen atoms in total. The zero-order chi connectivity index (χ0) is 22.5. The number of nitrogens with two attached hydrogens (primary N) is 1. The van der Waals surface area contributed by atoms with Gasteiger partial charge >= 0.3 is 0 Å². The molecule has 3 rings (SSSR count).